The number of piperidine rings is 1. The number of esters is 1. The molecule has 3 aromatic rings. The molecular weight excluding hydrogens is 530 g/mol. The van der Waals surface area contributed by atoms with Gasteiger partial charge in [0.15, 0.2) is 0 Å². The van der Waals surface area contributed by atoms with Gasteiger partial charge in [0.2, 0.25) is 0 Å². The van der Waals surface area contributed by atoms with E-state index < -0.39 is 5.60 Å². The molecule has 2 atom stereocenters. The van der Waals surface area contributed by atoms with Crippen LogP contribution in [0.3, 0.4) is 0 Å². The van der Waals surface area contributed by atoms with Crippen molar-refractivity contribution in [2.75, 3.05) is 26.7 Å². The van der Waals surface area contributed by atoms with Crippen LogP contribution < -0.4 is 0 Å². The highest BCUT2D eigenvalue weighted by Gasteiger charge is 2.46. The van der Waals surface area contributed by atoms with Gasteiger partial charge in [-0.3, -0.25) is 4.90 Å². The zero-order valence-corrected chi connectivity index (χ0v) is 25.7. The molecule has 8 heteroatoms. The van der Waals surface area contributed by atoms with Crippen molar-refractivity contribution in [1.82, 2.24) is 15.0 Å². The van der Waals surface area contributed by atoms with Crippen LogP contribution in [0.2, 0.25) is 0 Å². The van der Waals surface area contributed by atoms with Crippen molar-refractivity contribution < 1.29 is 23.6 Å². The van der Waals surface area contributed by atoms with E-state index in [1.807, 2.05) is 63.8 Å². The molecule has 1 saturated carbocycles. The number of hydrogen-bond donors (Lipinski definition) is 0. The van der Waals surface area contributed by atoms with Crippen LogP contribution in [-0.4, -0.2) is 65.4 Å². The fourth-order valence-corrected chi connectivity index (χ4v) is 6.07. The van der Waals surface area contributed by atoms with E-state index >= 15 is 0 Å². The fourth-order valence-electron chi connectivity index (χ4n) is 6.07. The topological polar surface area (TPSA) is 85.1 Å². The second-order valence-corrected chi connectivity index (χ2v) is 12.8. The Morgan fingerprint density at radius 1 is 1.02 bits per heavy atom. The highest BCUT2D eigenvalue weighted by molar-refractivity contribution is 5.89. The lowest BCUT2D eigenvalue weighted by Gasteiger charge is -2.36. The van der Waals surface area contributed by atoms with Crippen LogP contribution >= 0.6 is 0 Å². The number of likely N-dealkylation sites (tertiary alicyclic amines) is 1. The third-order valence-electron chi connectivity index (χ3n) is 8.39. The number of hydrogen-bond acceptors (Lipinski definition) is 7. The van der Waals surface area contributed by atoms with Gasteiger partial charge in [-0.15, -0.1) is 0 Å². The molecule has 0 N–H and O–H groups in total. The molecule has 5 rings (SSSR count). The SMILES string of the molecule is COC(=O)c1ccc(CN2CCC(CN(C(=O)OC(C)(C)C)C3CC3c3ccc(-c4c(C)noc4C)cc3)CC2)cc1. The van der Waals surface area contributed by atoms with Crippen LogP contribution in [0.25, 0.3) is 11.1 Å². The Kier molecular flexibility index (Phi) is 8.73. The second kappa shape index (κ2) is 12.3. The summed E-state index contributed by atoms with van der Waals surface area (Å²) in [7, 11) is 1.40. The third-order valence-corrected chi connectivity index (χ3v) is 8.39. The predicted octanol–water partition coefficient (Wildman–Crippen LogP) is 6.75. The first-order valence-electron chi connectivity index (χ1n) is 14.9. The van der Waals surface area contributed by atoms with Crippen LogP contribution in [0.15, 0.2) is 53.1 Å². The Labute approximate surface area is 249 Å². The molecule has 0 radical (unpaired) electrons. The number of ether oxygens (including phenoxy) is 2. The normalized spacial score (nSPS) is 19.4. The Balaban J connectivity index is 1.20. The predicted molar refractivity (Wildman–Crippen MR) is 161 cm³/mol. The Hall–Kier alpha value is -3.65. The van der Waals surface area contributed by atoms with E-state index in [-0.39, 0.29) is 18.1 Å². The molecule has 0 bridgehead atoms. The molecule has 1 aromatic heterocycles. The summed E-state index contributed by atoms with van der Waals surface area (Å²) in [5, 5.41) is 4.09. The first kappa shape index (κ1) is 29.8. The molecule has 1 aliphatic carbocycles. The lowest BCUT2D eigenvalue weighted by molar-refractivity contribution is 0.0170. The van der Waals surface area contributed by atoms with Gasteiger partial charge in [-0.2, -0.15) is 0 Å². The molecule has 2 aromatic carbocycles. The van der Waals surface area contributed by atoms with E-state index in [2.05, 4.69) is 34.3 Å². The number of benzene rings is 2. The number of carbonyl (C=O) groups is 2. The maximum Gasteiger partial charge on any atom is 0.410 e. The molecule has 2 fully saturated rings. The van der Waals surface area contributed by atoms with Crippen molar-refractivity contribution in [3.8, 4) is 11.1 Å². The van der Waals surface area contributed by atoms with Gasteiger partial charge in [-0.1, -0.05) is 41.6 Å². The summed E-state index contributed by atoms with van der Waals surface area (Å²) >= 11 is 0. The van der Waals surface area contributed by atoms with E-state index in [4.69, 9.17) is 14.0 Å². The van der Waals surface area contributed by atoms with Gasteiger partial charge in [0.05, 0.1) is 18.4 Å². The standard InChI is InChI=1S/C34H43N3O5/c1-22-31(23(2)42-35-22)27-13-11-26(12-14-27)29-19-30(29)37(33(39)41-34(3,4)5)21-25-15-17-36(18-16-25)20-24-7-9-28(10-8-24)32(38)40-6/h7-14,25,29-30H,15-21H2,1-6H3. The van der Waals surface area contributed by atoms with Crippen molar-refractivity contribution >= 4 is 12.1 Å². The first-order chi connectivity index (χ1) is 20.0. The number of aromatic nitrogens is 1. The number of amides is 1. The van der Waals surface area contributed by atoms with Crippen LogP contribution in [0.4, 0.5) is 4.79 Å². The summed E-state index contributed by atoms with van der Waals surface area (Å²) < 4.78 is 16.0. The molecule has 2 heterocycles. The van der Waals surface area contributed by atoms with Gasteiger partial charge >= 0.3 is 12.1 Å². The van der Waals surface area contributed by atoms with Gasteiger partial charge in [0.25, 0.3) is 0 Å². The Morgan fingerprint density at radius 3 is 2.26 bits per heavy atom. The fraction of sp³-hybridized carbons (Fsp3) is 0.500. The van der Waals surface area contributed by atoms with E-state index in [0.717, 1.165) is 68.0 Å². The first-order valence-corrected chi connectivity index (χ1v) is 14.9. The minimum absolute atomic E-state index is 0.149. The lowest BCUT2D eigenvalue weighted by Crippen LogP contribution is -2.44. The molecule has 0 spiro atoms. The summed E-state index contributed by atoms with van der Waals surface area (Å²) in [5.74, 6) is 1.25. The van der Waals surface area contributed by atoms with Gasteiger partial charge < -0.3 is 18.9 Å². The highest BCUT2D eigenvalue weighted by Crippen LogP contribution is 2.46. The van der Waals surface area contributed by atoms with Crippen molar-refractivity contribution in [2.24, 2.45) is 5.92 Å². The third kappa shape index (κ3) is 7.04. The van der Waals surface area contributed by atoms with Crippen LogP contribution in [0.1, 0.15) is 78.9 Å². The monoisotopic (exact) mass is 573 g/mol. The van der Waals surface area contributed by atoms with Crippen molar-refractivity contribution in [2.45, 2.75) is 78.0 Å². The number of nitrogens with zero attached hydrogens (tertiary/aromatic N) is 3. The van der Waals surface area contributed by atoms with E-state index in [1.54, 1.807) is 0 Å². The molecule has 1 saturated heterocycles. The Bertz CT molecular complexity index is 1360. The van der Waals surface area contributed by atoms with E-state index in [0.29, 0.717) is 17.4 Å². The number of rotatable bonds is 8. The minimum Gasteiger partial charge on any atom is -0.465 e. The zero-order valence-electron chi connectivity index (χ0n) is 25.7. The Morgan fingerprint density at radius 2 is 1.69 bits per heavy atom. The zero-order chi connectivity index (χ0) is 30.0. The molecule has 1 amide bonds. The molecule has 224 valence electrons. The molecular formula is C34H43N3O5. The largest absolute Gasteiger partial charge is 0.465 e. The van der Waals surface area contributed by atoms with Crippen molar-refractivity contribution in [3.63, 3.8) is 0 Å². The van der Waals surface area contributed by atoms with Crippen LogP contribution in [0.5, 0.6) is 0 Å². The van der Waals surface area contributed by atoms with Gasteiger partial charge in [0, 0.05) is 30.6 Å². The smallest absolute Gasteiger partial charge is 0.410 e. The number of aryl methyl sites for hydroxylation is 2. The molecule has 1 aliphatic heterocycles. The summed E-state index contributed by atoms with van der Waals surface area (Å²) in [5.41, 5.74) is 5.49. The summed E-state index contributed by atoms with van der Waals surface area (Å²) in [6, 6.07) is 16.4. The molecule has 2 aliphatic rings. The van der Waals surface area contributed by atoms with Gasteiger partial charge in [0.1, 0.15) is 11.4 Å². The second-order valence-electron chi connectivity index (χ2n) is 12.8. The lowest BCUT2D eigenvalue weighted by atomic mass is 9.95. The van der Waals surface area contributed by atoms with Crippen LogP contribution in [0, 0.1) is 19.8 Å². The minimum atomic E-state index is -0.539. The number of carbonyl (C=O) groups excluding carboxylic acids is 2. The summed E-state index contributed by atoms with van der Waals surface area (Å²) in [6.07, 6.45) is 2.80. The van der Waals surface area contributed by atoms with Crippen molar-refractivity contribution in [3.05, 3.63) is 76.7 Å². The number of methoxy groups -OCH3 is 1. The van der Waals surface area contributed by atoms with Crippen LogP contribution in [-0.2, 0) is 16.0 Å². The summed E-state index contributed by atoms with van der Waals surface area (Å²) in [4.78, 5) is 29.6. The average molecular weight is 574 g/mol. The average Bonchev–Trinajstić information content (AvgIpc) is 3.68. The molecule has 8 nitrogen and oxygen atoms in total. The maximum absolute atomic E-state index is 13.4. The van der Waals surface area contributed by atoms with Gasteiger partial charge in [-0.05, 0) is 102 Å². The quantitative estimate of drug-likeness (QED) is 0.276. The molecule has 2 unspecified atom stereocenters. The van der Waals surface area contributed by atoms with Gasteiger partial charge in [-0.25, -0.2) is 9.59 Å². The van der Waals surface area contributed by atoms with E-state index in [9.17, 15) is 9.59 Å². The summed E-state index contributed by atoms with van der Waals surface area (Å²) in [6.45, 7) is 13.2. The van der Waals surface area contributed by atoms with E-state index in [1.165, 1.54) is 18.2 Å². The highest BCUT2D eigenvalue weighted by atomic mass is 16.6. The maximum atomic E-state index is 13.4. The molecule has 42 heavy (non-hydrogen) atoms. The van der Waals surface area contributed by atoms with Crippen molar-refractivity contribution in [1.29, 1.82) is 0 Å².